The number of unbranched alkanes of at least 4 members (excludes halogenated alkanes) is 41. The van der Waals surface area contributed by atoms with Crippen LogP contribution in [-0.2, 0) is 14.3 Å². The quantitative estimate of drug-likeness (QED) is 0.0321. The van der Waals surface area contributed by atoms with E-state index in [1.807, 2.05) is 0 Å². The normalized spacial score (nSPS) is 12.8. The van der Waals surface area contributed by atoms with Crippen LogP contribution in [0.3, 0.4) is 0 Å². The van der Waals surface area contributed by atoms with E-state index >= 15 is 0 Å². The fourth-order valence-corrected chi connectivity index (χ4v) is 9.61. The number of rotatable bonds is 58. The third-order valence-corrected chi connectivity index (χ3v) is 14.4. The molecule has 0 saturated heterocycles. The summed E-state index contributed by atoms with van der Waals surface area (Å²) in [5.74, 6) is -0.0563. The topological polar surface area (TPSA) is 95.9 Å². The van der Waals surface area contributed by atoms with E-state index in [4.69, 9.17) is 4.74 Å². The molecule has 1 amide bonds. The Morgan fingerprint density at radius 1 is 0.400 bits per heavy atom. The number of allylic oxidation sites excluding steroid dienone is 6. The number of hydrogen-bond acceptors (Lipinski definition) is 5. The van der Waals surface area contributed by atoms with Crippen molar-refractivity contribution in [2.24, 2.45) is 0 Å². The van der Waals surface area contributed by atoms with Crippen molar-refractivity contribution in [3.8, 4) is 0 Å². The molecule has 70 heavy (non-hydrogen) atoms. The zero-order valence-electron chi connectivity index (χ0n) is 47.0. The summed E-state index contributed by atoms with van der Waals surface area (Å²) >= 11 is 0. The molecule has 0 spiro atoms. The first-order valence-electron chi connectivity index (χ1n) is 31.2. The van der Waals surface area contributed by atoms with E-state index in [0.29, 0.717) is 25.9 Å². The molecule has 3 N–H and O–H groups in total. The predicted molar refractivity (Wildman–Crippen MR) is 306 cm³/mol. The van der Waals surface area contributed by atoms with Crippen molar-refractivity contribution in [3.63, 3.8) is 0 Å². The van der Waals surface area contributed by atoms with Crippen LogP contribution in [0.15, 0.2) is 36.5 Å². The molecule has 6 nitrogen and oxygen atoms in total. The Balaban J connectivity index is 3.45. The average molecular weight is 985 g/mol. The maximum Gasteiger partial charge on any atom is 0.305 e. The Morgan fingerprint density at radius 3 is 1.13 bits per heavy atom. The van der Waals surface area contributed by atoms with Gasteiger partial charge in [-0.3, -0.25) is 9.59 Å². The molecular weight excluding hydrogens is 863 g/mol. The monoisotopic (exact) mass is 984 g/mol. The number of carbonyl (C=O) groups excluding carboxylic acids is 2. The number of esters is 1. The van der Waals surface area contributed by atoms with Crippen molar-refractivity contribution in [2.75, 3.05) is 13.2 Å². The molecular formula is C64H121NO5. The molecule has 0 saturated carbocycles. The van der Waals surface area contributed by atoms with Gasteiger partial charge in [-0.2, -0.15) is 0 Å². The standard InChI is InChI=1S/C64H121NO5/c1-3-5-7-9-11-13-15-17-19-21-23-25-30-34-38-42-46-50-54-58-64(69)70-59-55-51-47-43-39-35-31-27-26-29-33-37-41-45-49-53-57-63(68)65-61(60-66)62(67)56-52-48-44-40-36-32-28-24-22-20-18-16-14-12-10-8-6-4-2/h11,13,17,19,26,29,61-62,66-67H,3-10,12,14-16,18,20-25,27-28,30-60H2,1-2H3,(H,65,68)/b13-11-,19-17-,29-26-. The summed E-state index contributed by atoms with van der Waals surface area (Å²) in [5.41, 5.74) is 0. The number of amides is 1. The van der Waals surface area contributed by atoms with Gasteiger partial charge in [-0.25, -0.2) is 0 Å². The van der Waals surface area contributed by atoms with E-state index in [-0.39, 0.29) is 18.5 Å². The van der Waals surface area contributed by atoms with Gasteiger partial charge in [-0.15, -0.1) is 0 Å². The predicted octanol–water partition coefficient (Wildman–Crippen LogP) is 19.6. The Bertz CT molecular complexity index is 1130. The summed E-state index contributed by atoms with van der Waals surface area (Å²) in [4.78, 5) is 24.6. The number of aliphatic hydroxyl groups excluding tert-OH is 2. The van der Waals surface area contributed by atoms with Crippen LogP contribution < -0.4 is 5.32 Å². The smallest absolute Gasteiger partial charge is 0.305 e. The van der Waals surface area contributed by atoms with E-state index in [9.17, 15) is 19.8 Å². The van der Waals surface area contributed by atoms with E-state index in [1.54, 1.807) is 0 Å². The summed E-state index contributed by atoms with van der Waals surface area (Å²) in [6.45, 7) is 4.92. The zero-order valence-corrected chi connectivity index (χ0v) is 47.0. The lowest BCUT2D eigenvalue weighted by atomic mass is 10.0. The van der Waals surface area contributed by atoms with Gasteiger partial charge in [0.05, 0.1) is 25.4 Å². The SMILES string of the molecule is CCCCC/C=C\C/C=C\CCCCCCCCCCCC(=O)OCCCCCCCCC/C=C\CCCCCCCC(=O)NC(CO)C(O)CCCCCCCCCCCCCCCCCCCC. The lowest BCUT2D eigenvalue weighted by Crippen LogP contribution is -2.45. The highest BCUT2D eigenvalue weighted by Gasteiger charge is 2.20. The number of nitrogens with one attached hydrogen (secondary N) is 1. The van der Waals surface area contributed by atoms with E-state index < -0.39 is 12.1 Å². The maximum absolute atomic E-state index is 12.5. The van der Waals surface area contributed by atoms with Crippen molar-refractivity contribution in [2.45, 2.75) is 347 Å². The number of aliphatic hydroxyl groups is 2. The molecule has 0 aromatic rings. The fraction of sp³-hybridized carbons (Fsp3) is 0.875. The van der Waals surface area contributed by atoms with Crippen LogP contribution in [0.5, 0.6) is 0 Å². The van der Waals surface area contributed by atoms with Gasteiger partial charge < -0.3 is 20.3 Å². The van der Waals surface area contributed by atoms with Gasteiger partial charge >= 0.3 is 5.97 Å². The summed E-state index contributed by atoms with van der Waals surface area (Å²) in [6, 6.07) is -0.555. The van der Waals surface area contributed by atoms with E-state index in [1.165, 1.54) is 231 Å². The molecule has 2 atom stereocenters. The highest BCUT2D eigenvalue weighted by Crippen LogP contribution is 2.17. The first kappa shape index (κ1) is 68.1. The fourth-order valence-electron chi connectivity index (χ4n) is 9.61. The highest BCUT2D eigenvalue weighted by molar-refractivity contribution is 5.76. The molecule has 0 bridgehead atoms. The molecule has 0 aliphatic rings. The summed E-state index contributed by atoms with van der Waals surface area (Å²) < 4.78 is 5.49. The van der Waals surface area contributed by atoms with Gasteiger partial charge in [0.25, 0.3) is 0 Å². The second-order valence-corrected chi connectivity index (χ2v) is 21.4. The Labute approximate surface area is 436 Å². The minimum absolute atomic E-state index is 0.00619. The number of ether oxygens (including phenoxy) is 1. The van der Waals surface area contributed by atoms with Crippen molar-refractivity contribution in [3.05, 3.63) is 36.5 Å². The van der Waals surface area contributed by atoms with Gasteiger partial charge in [0.1, 0.15) is 0 Å². The summed E-state index contributed by atoms with van der Waals surface area (Å²) in [6.07, 6.45) is 74.3. The number of hydrogen-bond donors (Lipinski definition) is 3. The first-order valence-corrected chi connectivity index (χ1v) is 31.2. The highest BCUT2D eigenvalue weighted by atomic mass is 16.5. The molecule has 2 unspecified atom stereocenters. The summed E-state index contributed by atoms with van der Waals surface area (Å²) in [7, 11) is 0. The van der Waals surface area contributed by atoms with Gasteiger partial charge in [-0.05, 0) is 83.5 Å². The third-order valence-electron chi connectivity index (χ3n) is 14.4. The molecule has 0 radical (unpaired) electrons. The third kappa shape index (κ3) is 55.4. The van der Waals surface area contributed by atoms with E-state index in [2.05, 4.69) is 55.6 Å². The average Bonchev–Trinajstić information content (AvgIpc) is 3.36. The van der Waals surface area contributed by atoms with Gasteiger partial charge in [0.15, 0.2) is 0 Å². The minimum atomic E-state index is -0.676. The summed E-state index contributed by atoms with van der Waals surface area (Å²) in [5, 5.41) is 23.3. The number of carbonyl (C=O) groups is 2. The van der Waals surface area contributed by atoms with Gasteiger partial charge in [0, 0.05) is 12.8 Å². The lowest BCUT2D eigenvalue weighted by molar-refractivity contribution is -0.143. The molecule has 0 aromatic heterocycles. The first-order chi connectivity index (χ1) is 34.5. The van der Waals surface area contributed by atoms with Crippen molar-refractivity contribution in [1.29, 1.82) is 0 Å². The Kier molecular flexibility index (Phi) is 58.0. The maximum atomic E-state index is 12.5. The van der Waals surface area contributed by atoms with Crippen LogP contribution in [0, 0.1) is 0 Å². The van der Waals surface area contributed by atoms with Crippen LogP contribution >= 0.6 is 0 Å². The van der Waals surface area contributed by atoms with Crippen molar-refractivity contribution < 1.29 is 24.5 Å². The molecule has 0 aliphatic carbocycles. The van der Waals surface area contributed by atoms with Crippen molar-refractivity contribution in [1.82, 2.24) is 5.32 Å². The largest absolute Gasteiger partial charge is 0.466 e. The molecule has 0 fully saturated rings. The molecule has 0 aromatic carbocycles. The van der Waals surface area contributed by atoms with Crippen LogP contribution in [0.4, 0.5) is 0 Å². The minimum Gasteiger partial charge on any atom is -0.466 e. The van der Waals surface area contributed by atoms with Gasteiger partial charge in [0.2, 0.25) is 5.91 Å². The lowest BCUT2D eigenvalue weighted by Gasteiger charge is -2.22. The van der Waals surface area contributed by atoms with Crippen molar-refractivity contribution >= 4 is 11.9 Å². The molecule has 412 valence electrons. The van der Waals surface area contributed by atoms with Crippen LogP contribution in [0.1, 0.15) is 335 Å². The van der Waals surface area contributed by atoms with Crippen LogP contribution in [-0.4, -0.2) is 47.4 Å². The Morgan fingerprint density at radius 2 is 0.714 bits per heavy atom. The van der Waals surface area contributed by atoms with Crippen LogP contribution in [0.25, 0.3) is 0 Å². The molecule has 0 heterocycles. The molecule has 0 aliphatic heterocycles. The van der Waals surface area contributed by atoms with Crippen LogP contribution in [0.2, 0.25) is 0 Å². The zero-order chi connectivity index (χ0) is 50.7. The van der Waals surface area contributed by atoms with Gasteiger partial charge in [-0.1, -0.05) is 275 Å². The second-order valence-electron chi connectivity index (χ2n) is 21.4. The Hall–Kier alpha value is -1.92. The molecule has 0 rings (SSSR count). The van der Waals surface area contributed by atoms with E-state index in [0.717, 1.165) is 70.6 Å². The second kappa shape index (κ2) is 59.6. The molecule has 6 heteroatoms.